The Hall–Kier alpha value is -1.58. The van der Waals surface area contributed by atoms with Gasteiger partial charge in [-0.1, -0.05) is 12.8 Å². The fourth-order valence-corrected chi connectivity index (χ4v) is 2.10. The summed E-state index contributed by atoms with van der Waals surface area (Å²) in [6, 6.07) is 3.54. The first-order chi connectivity index (χ1) is 7.68. The molecule has 1 saturated carbocycles. The Labute approximate surface area is 94.3 Å². The van der Waals surface area contributed by atoms with Crippen molar-refractivity contribution < 1.29 is 4.79 Å². The van der Waals surface area contributed by atoms with Gasteiger partial charge in [-0.2, -0.15) is 0 Å². The van der Waals surface area contributed by atoms with Crippen molar-refractivity contribution in [2.45, 2.75) is 31.7 Å². The van der Waals surface area contributed by atoms with Crippen molar-refractivity contribution in [3.05, 3.63) is 34.2 Å². The summed E-state index contributed by atoms with van der Waals surface area (Å²) in [4.78, 5) is 23.5. The number of carbonyl (C=O) groups excluding carboxylic acids is 1. The standard InChI is InChI=1S/C12H16N2O2/c1-14-8-4-7-10(12(14)16)11(15)13-9-5-2-3-6-9/h4,7-9H,2-3,5-6H2,1H3,(H,13,15). The van der Waals surface area contributed by atoms with Crippen molar-refractivity contribution in [2.24, 2.45) is 7.05 Å². The van der Waals surface area contributed by atoms with E-state index in [1.807, 2.05) is 0 Å². The molecule has 4 heteroatoms. The largest absolute Gasteiger partial charge is 0.349 e. The maximum atomic E-state index is 11.8. The number of pyridine rings is 1. The number of amides is 1. The molecule has 1 aliphatic rings. The van der Waals surface area contributed by atoms with Crippen LogP contribution in [0.4, 0.5) is 0 Å². The van der Waals surface area contributed by atoms with Crippen molar-refractivity contribution in [2.75, 3.05) is 0 Å². The normalized spacial score (nSPS) is 16.3. The minimum Gasteiger partial charge on any atom is -0.349 e. The van der Waals surface area contributed by atoms with Gasteiger partial charge in [-0.3, -0.25) is 9.59 Å². The molecule has 0 unspecified atom stereocenters. The Balaban J connectivity index is 2.14. The van der Waals surface area contributed by atoms with E-state index in [1.165, 1.54) is 4.57 Å². The van der Waals surface area contributed by atoms with Crippen LogP contribution in [0.15, 0.2) is 23.1 Å². The van der Waals surface area contributed by atoms with E-state index in [-0.39, 0.29) is 23.1 Å². The fraction of sp³-hybridized carbons (Fsp3) is 0.500. The number of carbonyl (C=O) groups is 1. The summed E-state index contributed by atoms with van der Waals surface area (Å²) in [6.07, 6.45) is 6.03. The minimum absolute atomic E-state index is 0.233. The van der Waals surface area contributed by atoms with Gasteiger partial charge in [0.15, 0.2) is 0 Å². The lowest BCUT2D eigenvalue weighted by Gasteiger charge is -2.11. The topological polar surface area (TPSA) is 51.1 Å². The molecule has 0 aromatic carbocycles. The number of aromatic nitrogens is 1. The van der Waals surface area contributed by atoms with E-state index in [0.29, 0.717) is 0 Å². The first kappa shape index (κ1) is 10.9. The number of rotatable bonds is 2. The van der Waals surface area contributed by atoms with Gasteiger partial charge < -0.3 is 9.88 Å². The fourth-order valence-electron chi connectivity index (χ4n) is 2.10. The molecule has 16 heavy (non-hydrogen) atoms. The Bertz CT molecular complexity index is 445. The van der Waals surface area contributed by atoms with Gasteiger partial charge in [0.1, 0.15) is 5.56 Å². The molecule has 0 atom stereocenters. The van der Waals surface area contributed by atoms with Gasteiger partial charge in [0.05, 0.1) is 0 Å². The third kappa shape index (κ3) is 2.15. The molecule has 1 heterocycles. The second-order valence-electron chi connectivity index (χ2n) is 4.29. The Morgan fingerprint density at radius 3 is 2.81 bits per heavy atom. The predicted molar refractivity (Wildman–Crippen MR) is 61.4 cm³/mol. The second-order valence-corrected chi connectivity index (χ2v) is 4.29. The number of hydrogen-bond acceptors (Lipinski definition) is 2. The average molecular weight is 220 g/mol. The van der Waals surface area contributed by atoms with Crippen LogP contribution in [-0.4, -0.2) is 16.5 Å². The first-order valence-corrected chi connectivity index (χ1v) is 5.65. The zero-order chi connectivity index (χ0) is 11.5. The van der Waals surface area contributed by atoms with Gasteiger partial charge in [0, 0.05) is 19.3 Å². The summed E-state index contributed by atoms with van der Waals surface area (Å²) >= 11 is 0. The summed E-state index contributed by atoms with van der Waals surface area (Å²) in [6.45, 7) is 0. The minimum atomic E-state index is -0.242. The molecule has 0 saturated heterocycles. The van der Waals surface area contributed by atoms with Gasteiger partial charge in [-0.05, 0) is 25.0 Å². The van der Waals surface area contributed by atoms with Crippen LogP contribution in [0, 0.1) is 0 Å². The third-order valence-electron chi connectivity index (χ3n) is 3.06. The molecule has 0 aliphatic heterocycles. The Kier molecular flexibility index (Phi) is 3.08. The van der Waals surface area contributed by atoms with Gasteiger partial charge in [-0.15, -0.1) is 0 Å². The third-order valence-corrected chi connectivity index (χ3v) is 3.06. The molecule has 0 bridgehead atoms. The van der Waals surface area contributed by atoms with Crippen molar-refractivity contribution in [1.82, 2.24) is 9.88 Å². The number of aryl methyl sites for hydroxylation is 1. The van der Waals surface area contributed by atoms with E-state index in [1.54, 1.807) is 25.4 Å². The number of hydrogen-bond donors (Lipinski definition) is 1. The molecule has 4 nitrogen and oxygen atoms in total. The van der Waals surface area contributed by atoms with Crippen molar-refractivity contribution in [3.8, 4) is 0 Å². The lowest BCUT2D eigenvalue weighted by Crippen LogP contribution is -2.37. The van der Waals surface area contributed by atoms with Crippen LogP contribution in [0.2, 0.25) is 0 Å². The number of nitrogens with zero attached hydrogens (tertiary/aromatic N) is 1. The predicted octanol–water partition coefficient (Wildman–Crippen LogP) is 1.06. The molecule has 1 aromatic heterocycles. The van der Waals surface area contributed by atoms with Crippen LogP contribution < -0.4 is 10.9 Å². The van der Waals surface area contributed by atoms with Crippen LogP contribution in [0.1, 0.15) is 36.0 Å². The van der Waals surface area contributed by atoms with Crippen molar-refractivity contribution >= 4 is 5.91 Å². The van der Waals surface area contributed by atoms with E-state index in [2.05, 4.69) is 5.32 Å². The summed E-state index contributed by atoms with van der Waals surface area (Å²) in [7, 11) is 1.65. The van der Waals surface area contributed by atoms with E-state index in [0.717, 1.165) is 25.7 Å². The van der Waals surface area contributed by atoms with Gasteiger partial charge >= 0.3 is 0 Å². The average Bonchev–Trinajstić information content (AvgIpc) is 2.74. The molecule has 1 fully saturated rings. The van der Waals surface area contributed by atoms with Gasteiger partial charge in [-0.25, -0.2) is 0 Å². The Morgan fingerprint density at radius 1 is 1.44 bits per heavy atom. The first-order valence-electron chi connectivity index (χ1n) is 5.65. The van der Waals surface area contributed by atoms with Crippen molar-refractivity contribution in [1.29, 1.82) is 0 Å². The van der Waals surface area contributed by atoms with Crippen LogP contribution in [0.25, 0.3) is 0 Å². The summed E-state index contributed by atoms with van der Waals surface area (Å²) in [5.41, 5.74) is -0.00473. The molecule has 1 aromatic rings. The number of nitrogens with one attached hydrogen (secondary N) is 1. The maximum absolute atomic E-state index is 11.8. The summed E-state index contributed by atoms with van der Waals surface area (Å²) in [5, 5.41) is 2.91. The van der Waals surface area contributed by atoms with Crippen LogP contribution in [-0.2, 0) is 7.05 Å². The highest BCUT2D eigenvalue weighted by Crippen LogP contribution is 2.17. The smallest absolute Gasteiger partial charge is 0.263 e. The van der Waals surface area contributed by atoms with E-state index >= 15 is 0 Å². The van der Waals surface area contributed by atoms with Gasteiger partial charge in [0.2, 0.25) is 0 Å². The van der Waals surface area contributed by atoms with Crippen LogP contribution in [0.5, 0.6) is 0 Å². The molecule has 86 valence electrons. The summed E-state index contributed by atoms with van der Waals surface area (Å²) in [5.74, 6) is -0.242. The highest BCUT2D eigenvalue weighted by Gasteiger charge is 2.19. The second kappa shape index (κ2) is 4.51. The van der Waals surface area contributed by atoms with E-state index in [9.17, 15) is 9.59 Å². The summed E-state index contributed by atoms with van der Waals surface area (Å²) < 4.78 is 1.42. The Morgan fingerprint density at radius 2 is 2.12 bits per heavy atom. The quantitative estimate of drug-likeness (QED) is 0.810. The zero-order valence-electron chi connectivity index (χ0n) is 9.40. The molecule has 1 aliphatic carbocycles. The lowest BCUT2D eigenvalue weighted by molar-refractivity contribution is 0.0936. The monoisotopic (exact) mass is 220 g/mol. The lowest BCUT2D eigenvalue weighted by atomic mass is 10.2. The van der Waals surface area contributed by atoms with Gasteiger partial charge in [0.25, 0.3) is 11.5 Å². The maximum Gasteiger partial charge on any atom is 0.263 e. The molecular formula is C12H16N2O2. The SMILES string of the molecule is Cn1cccc(C(=O)NC2CCCC2)c1=O. The van der Waals surface area contributed by atoms with Crippen LogP contribution in [0.3, 0.4) is 0 Å². The molecule has 1 N–H and O–H groups in total. The highest BCUT2D eigenvalue weighted by atomic mass is 16.2. The van der Waals surface area contributed by atoms with E-state index < -0.39 is 0 Å². The van der Waals surface area contributed by atoms with Crippen molar-refractivity contribution in [3.63, 3.8) is 0 Å². The molecule has 0 radical (unpaired) electrons. The molecule has 2 rings (SSSR count). The molecular weight excluding hydrogens is 204 g/mol. The molecule has 0 spiro atoms. The van der Waals surface area contributed by atoms with E-state index in [4.69, 9.17) is 0 Å². The molecule has 1 amide bonds. The zero-order valence-corrected chi connectivity index (χ0v) is 9.40. The van der Waals surface area contributed by atoms with Crippen LogP contribution >= 0.6 is 0 Å². The highest BCUT2D eigenvalue weighted by molar-refractivity contribution is 5.93.